The minimum atomic E-state index is 0.878. The number of aryl methyl sites for hydroxylation is 2. The van der Waals surface area contributed by atoms with Crippen molar-refractivity contribution in [3.63, 3.8) is 0 Å². The van der Waals surface area contributed by atoms with Gasteiger partial charge in [0, 0.05) is 42.5 Å². The quantitative estimate of drug-likeness (QED) is 0.670. The zero-order valence-corrected chi connectivity index (χ0v) is 16.3. The summed E-state index contributed by atoms with van der Waals surface area (Å²) < 4.78 is 0.878. The summed E-state index contributed by atoms with van der Waals surface area (Å²) in [6.45, 7) is 5.17. The fourth-order valence-electron chi connectivity index (χ4n) is 3.93. The Hall–Kier alpha value is -1.21. The van der Waals surface area contributed by atoms with Crippen molar-refractivity contribution in [2.45, 2.75) is 25.8 Å². The molecule has 1 aliphatic carbocycles. The molecule has 4 nitrogen and oxygen atoms in total. The van der Waals surface area contributed by atoms with Crippen LogP contribution in [0, 0.1) is 0 Å². The number of nitrogens with zero attached hydrogens (tertiary/aromatic N) is 4. The Balaban J connectivity index is 1.35. The monoisotopic (exact) mass is 390 g/mol. The Morgan fingerprint density at radius 3 is 2.72 bits per heavy atom. The third-order valence-electron chi connectivity index (χ3n) is 5.16. The number of hydrogen-bond acceptors (Lipinski definition) is 6. The van der Waals surface area contributed by atoms with E-state index in [4.69, 9.17) is 11.6 Å². The first-order valence-electron chi connectivity index (χ1n) is 8.75. The van der Waals surface area contributed by atoms with Crippen LogP contribution in [-0.2, 0) is 19.4 Å². The van der Waals surface area contributed by atoms with Crippen molar-refractivity contribution in [1.29, 1.82) is 0 Å². The van der Waals surface area contributed by atoms with Crippen LogP contribution < -0.4 is 4.90 Å². The van der Waals surface area contributed by atoms with Crippen molar-refractivity contribution >= 4 is 50.3 Å². The molecule has 0 radical (unpaired) electrons. The third kappa shape index (κ3) is 2.95. The minimum absolute atomic E-state index is 0.878. The van der Waals surface area contributed by atoms with E-state index < -0.39 is 0 Å². The van der Waals surface area contributed by atoms with E-state index in [0.29, 0.717) is 0 Å². The Morgan fingerprint density at radius 1 is 1.04 bits per heavy atom. The van der Waals surface area contributed by atoms with Crippen LogP contribution in [0.5, 0.6) is 0 Å². The van der Waals surface area contributed by atoms with Gasteiger partial charge in [-0.25, -0.2) is 9.97 Å². The number of hydrogen-bond donors (Lipinski definition) is 0. The fraction of sp³-hybridized carbons (Fsp3) is 0.444. The summed E-state index contributed by atoms with van der Waals surface area (Å²) >= 11 is 9.61. The van der Waals surface area contributed by atoms with E-state index in [1.807, 2.05) is 17.4 Å². The third-order valence-corrected chi connectivity index (χ3v) is 7.58. The standard InChI is InChI=1S/C18H19ClN4S2/c19-15-5-4-12(24-15)10-22-6-8-23(9-7-22)17-16-13-2-1-3-14(13)25-18(16)21-11-20-17/h4-5,11H,1-3,6-10H2. The smallest absolute Gasteiger partial charge is 0.141 e. The van der Waals surface area contributed by atoms with E-state index in [0.717, 1.165) is 42.9 Å². The second-order valence-electron chi connectivity index (χ2n) is 6.70. The molecular formula is C18H19ClN4S2. The second kappa shape index (κ2) is 6.50. The fourth-order valence-corrected chi connectivity index (χ4v) is 6.28. The normalized spacial score (nSPS) is 18.2. The lowest BCUT2D eigenvalue weighted by Crippen LogP contribution is -2.46. The highest BCUT2D eigenvalue weighted by atomic mass is 35.5. The van der Waals surface area contributed by atoms with Crippen molar-refractivity contribution in [2.24, 2.45) is 0 Å². The summed E-state index contributed by atoms with van der Waals surface area (Å²) in [5.74, 6) is 1.16. The zero-order valence-electron chi connectivity index (χ0n) is 13.9. The lowest BCUT2D eigenvalue weighted by molar-refractivity contribution is 0.251. The zero-order chi connectivity index (χ0) is 16.8. The molecule has 5 rings (SSSR count). The van der Waals surface area contributed by atoms with Crippen LogP contribution in [0.1, 0.15) is 21.7 Å². The van der Waals surface area contributed by atoms with Crippen molar-refractivity contribution < 1.29 is 0 Å². The molecule has 0 atom stereocenters. The molecule has 2 aliphatic rings. The van der Waals surface area contributed by atoms with E-state index >= 15 is 0 Å². The molecular weight excluding hydrogens is 372 g/mol. The number of piperazine rings is 1. The minimum Gasteiger partial charge on any atom is -0.353 e. The van der Waals surface area contributed by atoms with E-state index in [1.54, 1.807) is 17.7 Å². The number of halogens is 1. The molecule has 0 amide bonds. The van der Waals surface area contributed by atoms with E-state index in [9.17, 15) is 0 Å². The molecule has 0 aromatic carbocycles. The van der Waals surface area contributed by atoms with Gasteiger partial charge in [0.05, 0.1) is 9.72 Å². The molecule has 1 saturated heterocycles. The van der Waals surface area contributed by atoms with Crippen molar-refractivity contribution in [1.82, 2.24) is 14.9 Å². The highest BCUT2D eigenvalue weighted by molar-refractivity contribution is 7.19. The van der Waals surface area contributed by atoms with Gasteiger partial charge >= 0.3 is 0 Å². The first-order chi connectivity index (χ1) is 12.3. The van der Waals surface area contributed by atoms with Crippen LogP contribution in [0.25, 0.3) is 10.2 Å². The SMILES string of the molecule is Clc1ccc(CN2CCN(c3ncnc4sc5c(c34)CCC5)CC2)s1. The highest BCUT2D eigenvalue weighted by Crippen LogP contribution is 2.40. The van der Waals surface area contributed by atoms with Gasteiger partial charge in [0.15, 0.2) is 0 Å². The molecule has 0 saturated carbocycles. The maximum absolute atomic E-state index is 6.05. The van der Waals surface area contributed by atoms with Gasteiger partial charge in [-0.1, -0.05) is 11.6 Å². The first kappa shape index (κ1) is 16.0. The molecule has 0 bridgehead atoms. The van der Waals surface area contributed by atoms with Gasteiger partial charge < -0.3 is 4.90 Å². The van der Waals surface area contributed by atoms with Gasteiger partial charge in [0.2, 0.25) is 0 Å². The molecule has 0 N–H and O–H groups in total. The van der Waals surface area contributed by atoms with Crippen LogP contribution in [0.2, 0.25) is 4.34 Å². The van der Waals surface area contributed by atoms with E-state index in [2.05, 4.69) is 25.8 Å². The lowest BCUT2D eigenvalue weighted by atomic mass is 10.1. The summed E-state index contributed by atoms with van der Waals surface area (Å²) in [5, 5.41) is 1.33. The van der Waals surface area contributed by atoms with Gasteiger partial charge in [-0.3, -0.25) is 4.90 Å². The summed E-state index contributed by atoms with van der Waals surface area (Å²) in [6.07, 6.45) is 5.42. The van der Waals surface area contributed by atoms with Gasteiger partial charge in [0.25, 0.3) is 0 Å². The molecule has 1 aliphatic heterocycles. The largest absolute Gasteiger partial charge is 0.353 e. The highest BCUT2D eigenvalue weighted by Gasteiger charge is 2.25. The number of rotatable bonds is 3. The Labute approximate surface area is 160 Å². The predicted molar refractivity (Wildman–Crippen MR) is 106 cm³/mol. The molecule has 0 unspecified atom stereocenters. The summed E-state index contributed by atoms with van der Waals surface area (Å²) in [5.41, 5.74) is 1.52. The molecule has 130 valence electrons. The van der Waals surface area contributed by atoms with E-state index in [1.165, 1.54) is 44.8 Å². The van der Waals surface area contributed by atoms with Crippen LogP contribution in [0.3, 0.4) is 0 Å². The summed E-state index contributed by atoms with van der Waals surface area (Å²) in [6, 6.07) is 4.13. The summed E-state index contributed by atoms with van der Waals surface area (Å²) in [7, 11) is 0. The van der Waals surface area contributed by atoms with Crippen molar-refractivity contribution in [3.05, 3.63) is 38.1 Å². The molecule has 4 heterocycles. The van der Waals surface area contributed by atoms with E-state index in [-0.39, 0.29) is 0 Å². The Bertz CT molecular complexity index is 911. The van der Waals surface area contributed by atoms with Crippen LogP contribution >= 0.6 is 34.3 Å². The van der Waals surface area contributed by atoms with Gasteiger partial charge in [0.1, 0.15) is 17.0 Å². The van der Waals surface area contributed by atoms with Gasteiger partial charge in [-0.2, -0.15) is 0 Å². The maximum Gasteiger partial charge on any atom is 0.141 e. The Morgan fingerprint density at radius 2 is 1.92 bits per heavy atom. The number of aromatic nitrogens is 2. The molecule has 3 aromatic rings. The van der Waals surface area contributed by atoms with Crippen LogP contribution in [0.4, 0.5) is 5.82 Å². The van der Waals surface area contributed by atoms with Gasteiger partial charge in [-0.15, -0.1) is 22.7 Å². The van der Waals surface area contributed by atoms with Crippen LogP contribution in [0.15, 0.2) is 18.5 Å². The first-order valence-corrected chi connectivity index (χ1v) is 10.8. The van der Waals surface area contributed by atoms with Gasteiger partial charge in [-0.05, 0) is 37.0 Å². The van der Waals surface area contributed by atoms with Crippen molar-refractivity contribution in [3.8, 4) is 0 Å². The average Bonchev–Trinajstić information content (AvgIpc) is 3.31. The number of anilines is 1. The Kier molecular flexibility index (Phi) is 4.16. The molecule has 25 heavy (non-hydrogen) atoms. The lowest BCUT2D eigenvalue weighted by Gasteiger charge is -2.35. The average molecular weight is 391 g/mol. The summed E-state index contributed by atoms with van der Waals surface area (Å²) in [4.78, 5) is 18.2. The number of fused-ring (bicyclic) bond motifs is 3. The van der Waals surface area contributed by atoms with Crippen molar-refractivity contribution in [2.75, 3.05) is 31.1 Å². The van der Waals surface area contributed by atoms with Crippen LogP contribution in [-0.4, -0.2) is 41.0 Å². The predicted octanol–water partition coefficient (Wildman–Crippen LogP) is 4.22. The molecule has 7 heteroatoms. The molecule has 0 spiro atoms. The number of thiophene rings is 2. The second-order valence-corrected chi connectivity index (χ2v) is 9.59. The maximum atomic E-state index is 6.05. The molecule has 1 fully saturated rings. The topological polar surface area (TPSA) is 32.3 Å². The molecule has 3 aromatic heterocycles.